The van der Waals surface area contributed by atoms with Crippen molar-refractivity contribution in [2.75, 3.05) is 7.05 Å². The molecule has 4 heteroatoms. The van der Waals surface area contributed by atoms with Crippen molar-refractivity contribution in [3.05, 3.63) is 12.2 Å². The van der Waals surface area contributed by atoms with Crippen molar-refractivity contribution in [2.45, 2.75) is 70.7 Å². The van der Waals surface area contributed by atoms with Crippen molar-refractivity contribution in [1.82, 2.24) is 4.90 Å². The fraction of sp³-hybridized carbons (Fsp3) is 0.850. The smallest absolute Gasteiger partial charge is 0.246 e. The molecule has 0 bridgehead atoms. The third kappa shape index (κ3) is 1.79. The Morgan fingerprint density at radius 3 is 2.62 bits per heavy atom. The van der Waals surface area contributed by atoms with E-state index in [2.05, 4.69) is 19.9 Å². The number of fused-ring (bicyclic) bond motifs is 5. The lowest BCUT2D eigenvalue weighted by atomic mass is 9.47. The Balaban J connectivity index is 1.71. The highest BCUT2D eigenvalue weighted by atomic mass is 19.1. The van der Waals surface area contributed by atoms with Gasteiger partial charge in [-0.3, -0.25) is 4.79 Å². The highest BCUT2D eigenvalue weighted by molar-refractivity contribution is 5.89. The summed E-state index contributed by atoms with van der Waals surface area (Å²) in [5, 5.41) is 10.8. The maximum atomic E-state index is 14.6. The minimum atomic E-state index is -1.21. The molecule has 1 heterocycles. The molecule has 3 fully saturated rings. The van der Waals surface area contributed by atoms with Crippen LogP contribution in [-0.4, -0.2) is 40.8 Å². The van der Waals surface area contributed by atoms with Crippen molar-refractivity contribution in [3.63, 3.8) is 0 Å². The first-order chi connectivity index (χ1) is 11.1. The fourth-order valence-corrected chi connectivity index (χ4v) is 6.93. The summed E-state index contributed by atoms with van der Waals surface area (Å²) in [6, 6.07) is 0.253. The molecule has 134 valence electrons. The number of alkyl halides is 1. The summed E-state index contributed by atoms with van der Waals surface area (Å²) in [5.74, 6) is 1.27. The van der Waals surface area contributed by atoms with Gasteiger partial charge in [-0.05, 0) is 62.9 Å². The average molecular weight is 335 g/mol. The summed E-state index contributed by atoms with van der Waals surface area (Å²) in [7, 11) is 1.92. The maximum absolute atomic E-state index is 14.6. The number of halogens is 1. The molecule has 24 heavy (non-hydrogen) atoms. The van der Waals surface area contributed by atoms with E-state index in [1.54, 1.807) is 13.0 Å². The first kappa shape index (κ1) is 16.6. The Labute approximate surface area is 144 Å². The summed E-state index contributed by atoms with van der Waals surface area (Å²) < 4.78 is 14.6. The van der Waals surface area contributed by atoms with Gasteiger partial charge >= 0.3 is 0 Å². The van der Waals surface area contributed by atoms with Crippen molar-refractivity contribution in [1.29, 1.82) is 0 Å². The van der Waals surface area contributed by atoms with Crippen LogP contribution < -0.4 is 0 Å². The van der Waals surface area contributed by atoms with Crippen molar-refractivity contribution >= 4 is 5.91 Å². The molecular formula is C20H30FNO2. The largest absolute Gasteiger partial charge is 0.387 e. The lowest BCUT2D eigenvalue weighted by molar-refractivity contribution is -0.151. The first-order valence-electron chi connectivity index (χ1n) is 9.45. The minimum absolute atomic E-state index is 0.0207. The molecule has 0 radical (unpaired) electrons. The third-order valence-corrected chi connectivity index (χ3v) is 8.74. The van der Waals surface area contributed by atoms with Crippen LogP contribution in [0.15, 0.2) is 12.2 Å². The number of carbonyl (C=O) groups excluding carboxylic acids is 1. The molecule has 0 aromatic carbocycles. The van der Waals surface area contributed by atoms with Crippen LogP contribution in [0.5, 0.6) is 0 Å². The molecule has 4 rings (SSSR count). The highest BCUT2D eigenvalue weighted by Crippen LogP contribution is 2.66. The summed E-state index contributed by atoms with van der Waals surface area (Å²) in [4.78, 5) is 14.0. The Bertz CT molecular complexity index is 602. The number of hydrogen-bond donors (Lipinski definition) is 1. The van der Waals surface area contributed by atoms with Gasteiger partial charge in [0.05, 0.1) is 5.60 Å². The molecule has 1 N–H and O–H groups in total. The van der Waals surface area contributed by atoms with Crippen LogP contribution in [0.4, 0.5) is 4.39 Å². The zero-order chi connectivity index (χ0) is 17.5. The molecule has 4 aliphatic rings. The number of hydrogen-bond acceptors (Lipinski definition) is 2. The minimum Gasteiger partial charge on any atom is -0.387 e. The zero-order valence-corrected chi connectivity index (χ0v) is 15.3. The molecule has 3 saturated carbocycles. The van der Waals surface area contributed by atoms with Crippen LogP contribution in [0.25, 0.3) is 0 Å². The van der Waals surface area contributed by atoms with Gasteiger partial charge in [0, 0.05) is 23.9 Å². The molecule has 0 spiro atoms. The van der Waals surface area contributed by atoms with Gasteiger partial charge in [-0.1, -0.05) is 19.9 Å². The Hall–Kier alpha value is -0.900. The number of aliphatic hydroxyl groups is 1. The SMILES string of the molecule is CN1C(=O)C=C[C@]2(C)[C@H]3CC[C@@]4(C)[C@@H](C[C@@H](F)[C@]4(C)O)[C@@H]3CC[C@@H]12. The van der Waals surface area contributed by atoms with Crippen LogP contribution in [0.2, 0.25) is 0 Å². The molecule has 0 saturated heterocycles. The van der Waals surface area contributed by atoms with Gasteiger partial charge in [0.25, 0.3) is 0 Å². The van der Waals surface area contributed by atoms with E-state index >= 15 is 0 Å². The van der Waals surface area contributed by atoms with Crippen molar-refractivity contribution in [2.24, 2.45) is 28.6 Å². The van der Waals surface area contributed by atoms with E-state index in [9.17, 15) is 14.3 Å². The van der Waals surface area contributed by atoms with E-state index in [0.717, 1.165) is 25.7 Å². The van der Waals surface area contributed by atoms with Crippen LogP contribution in [-0.2, 0) is 4.79 Å². The van der Waals surface area contributed by atoms with Gasteiger partial charge in [-0.2, -0.15) is 0 Å². The topological polar surface area (TPSA) is 40.5 Å². The highest BCUT2D eigenvalue weighted by Gasteiger charge is 2.66. The van der Waals surface area contributed by atoms with Crippen LogP contribution >= 0.6 is 0 Å². The van der Waals surface area contributed by atoms with E-state index in [1.165, 1.54) is 0 Å². The number of rotatable bonds is 0. The second-order valence-electron chi connectivity index (χ2n) is 9.43. The van der Waals surface area contributed by atoms with Gasteiger partial charge in [-0.25, -0.2) is 4.39 Å². The van der Waals surface area contributed by atoms with Gasteiger partial charge < -0.3 is 10.0 Å². The summed E-state index contributed by atoms with van der Waals surface area (Å²) >= 11 is 0. The average Bonchev–Trinajstić information content (AvgIpc) is 2.71. The molecule has 0 aromatic rings. The Morgan fingerprint density at radius 1 is 1.21 bits per heavy atom. The molecule has 1 aliphatic heterocycles. The normalized spacial score (nSPS) is 56.7. The van der Waals surface area contributed by atoms with E-state index in [-0.39, 0.29) is 28.7 Å². The monoisotopic (exact) mass is 335 g/mol. The number of nitrogens with zero attached hydrogens (tertiary/aromatic N) is 1. The number of carbonyl (C=O) groups is 1. The van der Waals surface area contributed by atoms with Gasteiger partial charge in [0.1, 0.15) is 6.17 Å². The molecular weight excluding hydrogens is 305 g/mol. The molecule has 0 unspecified atom stereocenters. The Morgan fingerprint density at radius 2 is 1.92 bits per heavy atom. The lowest BCUT2D eigenvalue weighted by Gasteiger charge is -2.60. The standard InChI is InChI=1S/C20H30FNO2/c1-18-9-8-17(23)22(4)16(18)6-5-12-13(18)7-10-19(2)14(12)11-15(21)20(19,3)24/h8-9,12-16,24H,5-7,10-11H2,1-4H3/t12-,13+,14+,15-,16-,18-,19+,20+/m1/s1. The van der Waals surface area contributed by atoms with Gasteiger partial charge in [0.2, 0.25) is 5.91 Å². The van der Waals surface area contributed by atoms with Crippen molar-refractivity contribution < 1.29 is 14.3 Å². The number of likely N-dealkylation sites (N-methyl/N-ethyl adjacent to an activating group) is 1. The lowest BCUT2D eigenvalue weighted by Crippen LogP contribution is -2.60. The van der Waals surface area contributed by atoms with Crippen LogP contribution in [0.1, 0.15) is 52.9 Å². The van der Waals surface area contributed by atoms with E-state index in [0.29, 0.717) is 18.3 Å². The second kappa shape index (κ2) is 4.84. The fourth-order valence-electron chi connectivity index (χ4n) is 6.93. The second-order valence-corrected chi connectivity index (χ2v) is 9.43. The molecule has 0 aromatic heterocycles. The predicted octanol–water partition coefficient (Wildman–Crippen LogP) is 3.32. The molecule has 3 aliphatic carbocycles. The molecule has 8 atom stereocenters. The summed E-state index contributed by atoms with van der Waals surface area (Å²) in [5.41, 5.74) is -1.56. The van der Waals surface area contributed by atoms with Gasteiger partial charge in [-0.15, -0.1) is 0 Å². The third-order valence-electron chi connectivity index (χ3n) is 8.74. The summed E-state index contributed by atoms with van der Waals surface area (Å²) in [6.07, 6.45) is 7.15. The van der Waals surface area contributed by atoms with Crippen molar-refractivity contribution in [3.8, 4) is 0 Å². The maximum Gasteiger partial charge on any atom is 0.246 e. The molecule has 3 nitrogen and oxygen atoms in total. The predicted molar refractivity (Wildman–Crippen MR) is 91.0 cm³/mol. The molecule has 1 amide bonds. The zero-order valence-electron chi connectivity index (χ0n) is 15.3. The summed E-state index contributed by atoms with van der Waals surface area (Å²) in [6.45, 7) is 6.10. The number of amides is 1. The Kier molecular flexibility index (Phi) is 3.34. The van der Waals surface area contributed by atoms with E-state index in [1.807, 2.05) is 11.9 Å². The van der Waals surface area contributed by atoms with Crippen LogP contribution in [0.3, 0.4) is 0 Å². The van der Waals surface area contributed by atoms with Gasteiger partial charge in [0.15, 0.2) is 0 Å². The van der Waals surface area contributed by atoms with Crippen LogP contribution in [0, 0.1) is 28.6 Å². The first-order valence-corrected chi connectivity index (χ1v) is 9.45. The quantitative estimate of drug-likeness (QED) is 0.738. The van der Waals surface area contributed by atoms with E-state index in [4.69, 9.17) is 0 Å². The van der Waals surface area contributed by atoms with E-state index < -0.39 is 11.8 Å².